The summed E-state index contributed by atoms with van der Waals surface area (Å²) in [6.45, 7) is 4.69. The van der Waals surface area contributed by atoms with E-state index in [-0.39, 0.29) is 5.11 Å². The van der Waals surface area contributed by atoms with Crippen LogP contribution >= 0.6 is 35.4 Å². The molecule has 1 heterocycles. The van der Waals surface area contributed by atoms with Gasteiger partial charge in [0, 0.05) is 31.4 Å². The number of morpholine rings is 1. The van der Waals surface area contributed by atoms with Crippen molar-refractivity contribution < 1.29 is 9.47 Å². The van der Waals surface area contributed by atoms with Crippen LogP contribution in [0, 0.1) is 0 Å². The Balaban J connectivity index is 1.94. The number of nitrogens with zero attached hydrogens (tertiary/aromatic N) is 1. The molecule has 2 rings (SSSR count). The Labute approximate surface area is 139 Å². The van der Waals surface area contributed by atoms with Crippen molar-refractivity contribution in [2.75, 3.05) is 44.8 Å². The fourth-order valence-electron chi connectivity index (χ4n) is 1.99. The number of hydrogen-bond donors (Lipinski definition) is 2. The van der Waals surface area contributed by atoms with Crippen molar-refractivity contribution in [1.29, 1.82) is 0 Å². The lowest BCUT2D eigenvalue weighted by molar-refractivity contribution is 0.0322. The Kier molecular flexibility index (Phi) is 6.32. The fourth-order valence-corrected chi connectivity index (χ4v) is 2.48. The standard InChI is InChI=1S/C13H17Cl2N3O2S/c14-10-7-9(17-13(16)21)8-11(12(10)15)20-6-3-18-1-4-19-5-2-18/h7-8H,1-6H2,(H3,16,17,21). The predicted octanol–water partition coefficient (Wildman–Crippen LogP) is 2.36. The number of anilines is 1. The summed E-state index contributed by atoms with van der Waals surface area (Å²) in [5.74, 6) is 0.510. The molecule has 0 atom stereocenters. The highest BCUT2D eigenvalue weighted by Gasteiger charge is 2.12. The van der Waals surface area contributed by atoms with Crippen LogP contribution in [0.25, 0.3) is 0 Å². The second-order valence-electron chi connectivity index (χ2n) is 4.56. The van der Waals surface area contributed by atoms with Gasteiger partial charge in [-0.05, 0) is 18.3 Å². The molecule has 5 nitrogen and oxygen atoms in total. The third kappa shape index (κ3) is 5.16. The zero-order valence-electron chi connectivity index (χ0n) is 11.4. The number of thiocarbonyl (C=S) groups is 1. The SMILES string of the molecule is NC(=S)Nc1cc(Cl)c(Cl)c(OCCN2CCOCC2)c1. The summed E-state index contributed by atoms with van der Waals surface area (Å²) >= 11 is 17.0. The van der Waals surface area contributed by atoms with E-state index in [0.717, 1.165) is 32.8 Å². The highest BCUT2D eigenvalue weighted by Crippen LogP contribution is 2.35. The zero-order chi connectivity index (χ0) is 15.2. The van der Waals surface area contributed by atoms with E-state index in [1.54, 1.807) is 12.1 Å². The first-order valence-electron chi connectivity index (χ1n) is 6.54. The number of rotatable bonds is 5. The molecule has 0 aliphatic carbocycles. The predicted molar refractivity (Wildman–Crippen MR) is 89.6 cm³/mol. The van der Waals surface area contributed by atoms with Crippen LogP contribution in [0.3, 0.4) is 0 Å². The highest BCUT2D eigenvalue weighted by molar-refractivity contribution is 7.80. The molecule has 1 aromatic carbocycles. The molecular weight excluding hydrogens is 333 g/mol. The number of ether oxygens (including phenoxy) is 2. The average Bonchev–Trinajstić information content (AvgIpc) is 2.44. The van der Waals surface area contributed by atoms with Gasteiger partial charge in [0.25, 0.3) is 0 Å². The Hall–Kier alpha value is -0.790. The summed E-state index contributed by atoms with van der Waals surface area (Å²) in [5.41, 5.74) is 6.10. The third-order valence-electron chi connectivity index (χ3n) is 3.03. The molecule has 1 saturated heterocycles. The van der Waals surface area contributed by atoms with Crippen LogP contribution in [0.2, 0.25) is 10.0 Å². The van der Waals surface area contributed by atoms with Gasteiger partial charge in [-0.1, -0.05) is 23.2 Å². The van der Waals surface area contributed by atoms with Crippen LogP contribution in [0.4, 0.5) is 5.69 Å². The van der Waals surface area contributed by atoms with Gasteiger partial charge in [-0.15, -0.1) is 0 Å². The van der Waals surface area contributed by atoms with Gasteiger partial charge in [0.2, 0.25) is 0 Å². The molecule has 21 heavy (non-hydrogen) atoms. The summed E-state index contributed by atoms with van der Waals surface area (Å²) in [6, 6.07) is 3.38. The lowest BCUT2D eigenvalue weighted by atomic mass is 10.3. The van der Waals surface area contributed by atoms with Crippen molar-refractivity contribution in [3.05, 3.63) is 22.2 Å². The molecule has 0 spiro atoms. The first-order chi connectivity index (χ1) is 10.1. The van der Waals surface area contributed by atoms with Crippen molar-refractivity contribution in [3.63, 3.8) is 0 Å². The quantitative estimate of drug-likeness (QED) is 0.795. The molecule has 8 heteroatoms. The number of halogens is 2. The van der Waals surface area contributed by atoms with Crippen LogP contribution in [0.5, 0.6) is 5.75 Å². The van der Waals surface area contributed by atoms with Crippen LogP contribution in [-0.2, 0) is 4.74 Å². The van der Waals surface area contributed by atoms with Crippen molar-refractivity contribution in [2.24, 2.45) is 5.73 Å². The Morgan fingerprint density at radius 2 is 2.10 bits per heavy atom. The van der Waals surface area contributed by atoms with Gasteiger partial charge >= 0.3 is 0 Å². The van der Waals surface area contributed by atoms with Gasteiger partial charge in [0.1, 0.15) is 17.4 Å². The summed E-state index contributed by atoms with van der Waals surface area (Å²) in [4.78, 5) is 2.27. The zero-order valence-corrected chi connectivity index (χ0v) is 13.7. The summed E-state index contributed by atoms with van der Waals surface area (Å²) in [6.07, 6.45) is 0. The molecule has 116 valence electrons. The second-order valence-corrected chi connectivity index (χ2v) is 5.79. The van der Waals surface area contributed by atoms with E-state index in [0.29, 0.717) is 28.1 Å². The summed E-state index contributed by atoms with van der Waals surface area (Å²) < 4.78 is 11.0. The van der Waals surface area contributed by atoms with Crippen molar-refractivity contribution >= 4 is 46.2 Å². The number of hydrogen-bond acceptors (Lipinski definition) is 4. The molecule has 1 aliphatic heterocycles. The van der Waals surface area contributed by atoms with E-state index in [2.05, 4.69) is 10.2 Å². The molecule has 0 saturated carbocycles. The van der Waals surface area contributed by atoms with Crippen molar-refractivity contribution in [3.8, 4) is 5.75 Å². The molecule has 1 fully saturated rings. The lowest BCUT2D eigenvalue weighted by Crippen LogP contribution is -2.38. The van der Waals surface area contributed by atoms with Crippen molar-refractivity contribution in [2.45, 2.75) is 0 Å². The number of nitrogens with one attached hydrogen (secondary N) is 1. The molecule has 1 aliphatic rings. The van der Waals surface area contributed by atoms with E-state index in [9.17, 15) is 0 Å². The topological polar surface area (TPSA) is 59.8 Å². The summed E-state index contributed by atoms with van der Waals surface area (Å²) in [5, 5.41) is 3.74. The third-order valence-corrected chi connectivity index (χ3v) is 3.92. The Morgan fingerprint density at radius 3 is 2.76 bits per heavy atom. The summed E-state index contributed by atoms with van der Waals surface area (Å²) in [7, 11) is 0. The monoisotopic (exact) mass is 349 g/mol. The molecule has 0 unspecified atom stereocenters. The van der Waals surface area contributed by atoms with Crippen molar-refractivity contribution in [1.82, 2.24) is 4.90 Å². The van der Waals surface area contributed by atoms with Crippen LogP contribution in [0.15, 0.2) is 12.1 Å². The van der Waals surface area contributed by atoms with Crippen LogP contribution in [0.1, 0.15) is 0 Å². The van der Waals surface area contributed by atoms with E-state index in [1.165, 1.54) is 0 Å². The van der Waals surface area contributed by atoms with Gasteiger partial charge in [-0.3, -0.25) is 4.90 Å². The minimum absolute atomic E-state index is 0.160. The Morgan fingerprint density at radius 1 is 1.38 bits per heavy atom. The largest absolute Gasteiger partial charge is 0.491 e. The molecule has 0 radical (unpaired) electrons. The molecule has 0 bridgehead atoms. The fraction of sp³-hybridized carbons (Fsp3) is 0.462. The second kappa shape index (κ2) is 8.00. The normalized spacial score (nSPS) is 15.7. The maximum Gasteiger partial charge on any atom is 0.168 e. The van der Waals surface area contributed by atoms with E-state index in [4.69, 9.17) is 50.6 Å². The molecule has 1 aromatic rings. The van der Waals surface area contributed by atoms with Gasteiger partial charge in [0.15, 0.2) is 5.11 Å². The molecular formula is C13H17Cl2N3O2S. The first-order valence-corrected chi connectivity index (χ1v) is 7.71. The number of nitrogens with two attached hydrogens (primary N) is 1. The number of benzene rings is 1. The average molecular weight is 350 g/mol. The first kappa shape index (κ1) is 16.6. The minimum atomic E-state index is 0.160. The maximum atomic E-state index is 6.14. The minimum Gasteiger partial charge on any atom is -0.491 e. The maximum absolute atomic E-state index is 6.14. The lowest BCUT2D eigenvalue weighted by Gasteiger charge is -2.26. The highest BCUT2D eigenvalue weighted by atomic mass is 35.5. The van der Waals surface area contributed by atoms with Crippen LogP contribution in [-0.4, -0.2) is 49.5 Å². The van der Waals surface area contributed by atoms with E-state index < -0.39 is 0 Å². The Bertz CT molecular complexity index is 510. The molecule has 3 N–H and O–H groups in total. The molecule has 0 aromatic heterocycles. The molecule has 0 amide bonds. The van der Waals surface area contributed by atoms with E-state index >= 15 is 0 Å². The van der Waals surface area contributed by atoms with Gasteiger partial charge < -0.3 is 20.5 Å². The van der Waals surface area contributed by atoms with E-state index in [1.807, 2.05) is 0 Å². The van der Waals surface area contributed by atoms with Crippen LogP contribution < -0.4 is 15.8 Å². The van der Waals surface area contributed by atoms with Gasteiger partial charge in [0.05, 0.1) is 18.2 Å². The smallest absolute Gasteiger partial charge is 0.168 e. The van der Waals surface area contributed by atoms with Gasteiger partial charge in [-0.2, -0.15) is 0 Å². The van der Waals surface area contributed by atoms with Gasteiger partial charge in [-0.25, -0.2) is 0 Å².